The van der Waals surface area contributed by atoms with Gasteiger partial charge in [-0.1, -0.05) is 30.0 Å². The van der Waals surface area contributed by atoms with Crippen LogP contribution in [0.3, 0.4) is 0 Å². The Balaban J connectivity index is 2.11. The lowest BCUT2D eigenvalue weighted by Gasteiger charge is -2.09. The van der Waals surface area contributed by atoms with Crippen LogP contribution < -0.4 is 5.32 Å². The molecule has 1 aliphatic heterocycles. The van der Waals surface area contributed by atoms with Crippen molar-refractivity contribution in [3.8, 4) is 0 Å². The number of benzene rings is 1. The lowest BCUT2D eigenvalue weighted by atomic mass is 10.2. The van der Waals surface area contributed by atoms with Gasteiger partial charge in [0.25, 0.3) is 0 Å². The van der Waals surface area contributed by atoms with Crippen LogP contribution in [0.5, 0.6) is 0 Å². The zero-order chi connectivity index (χ0) is 15.2. The third-order valence-corrected chi connectivity index (χ3v) is 4.63. The van der Waals surface area contributed by atoms with Gasteiger partial charge in [0.1, 0.15) is 5.82 Å². The standard InChI is InChI=1S/C15H17FN2OS2/c1-11-5-6-14(13(16)10-11)18-15-17-8-3-4-12(21(2)19)7-9-20-15/h3-7,10H,8-9H2,1-2H3,(H,17,18)/b4-3-,12-7+. The summed E-state index contributed by atoms with van der Waals surface area (Å²) in [6.07, 6.45) is 7.24. The first-order valence-electron chi connectivity index (χ1n) is 6.47. The number of nitrogens with zero attached hydrogens (tertiary/aromatic N) is 1. The van der Waals surface area contributed by atoms with Gasteiger partial charge in [-0.15, -0.1) is 0 Å². The molecule has 1 aromatic rings. The first-order valence-corrected chi connectivity index (χ1v) is 9.01. The summed E-state index contributed by atoms with van der Waals surface area (Å²) in [5, 5.41) is 3.67. The number of rotatable bonds is 2. The monoisotopic (exact) mass is 324 g/mol. The van der Waals surface area contributed by atoms with Crippen LogP contribution >= 0.6 is 11.8 Å². The molecule has 0 radical (unpaired) electrons. The van der Waals surface area contributed by atoms with Crippen molar-refractivity contribution in [3.63, 3.8) is 0 Å². The van der Waals surface area contributed by atoms with Crippen molar-refractivity contribution in [2.45, 2.75) is 6.92 Å². The van der Waals surface area contributed by atoms with Crippen LogP contribution in [-0.2, 0) is 10.8 Å². The first kappa shape index (κ1) is 16.0. The third kappa shape index (κ3) is 4.82. The highest BCUT2D eigenvalue weighted by atomic mass is 32.2. The van der Waals surface area contributed by atoms with Gasteiger partial charge < -0.3 is 5.32 Å². The molecule has 1 heterocycles. The first-order chi connectivity index (χ1) is 10.1. The van der Waals surface area contributed by atoms with E-state index in [1.165, 1.54) is 17.8 Å². The van der Waals surface area contributed by atoms with Crippen molar-refractivity contribution < 1.29 is 8.60 Å². The van der Waals surface area contributed by atoms with Crippen molar-refractivity contribution in [2.75, 3.05) is 23.9 Å². The molecule has 1 atom stereocenters. The Kier molecular flexibility index (Phi) is 5.76. The quantitative estimate of drug-likeness (QED) is 0.906. The normalized spacial score (nSPS) is 21.1. The third-order valence-electron chi connectivity index (χ3n) is 2.83. The average molecular weight is 324 g/mol. The van der Waals surface area contributed by atoms with Crippen LogP contribution in [0.25, 0.3) is 0 Å². The van der Waals surface area contributed by atoms with Crippen LogP contribution in [0.2, 0.25) is 0 Å². The number of hydrogen-bond donors (Lipinski definition) is 1. The molecule has 0 fully saturated rings. The Morgan fingerprint density at radius 3 is 2.95 bits per heavy atom. The van der Waals surface area contributed by atoms with E-state index in [0.29, 0.717) is 23.2 Å². The Morgan fingerprint density at radius 2 is 2.24 bits per heavy atom. The molecule has 1 unspecified atom stereocenters. The van der Waals surface area contributed by atoms with Crippen molar-refractivity contribution in [3.05, 3.63) is 52.7 Å². The Morgan fingerprint density at radius 1 is 1.43 bits per heavy atom. The SMILES string of the molecule is Cc1ccc(NC2=NC/C=C\C(S(C)=O)=C/CS2)c(F)c1. The van der Waals surface area contributed by atoms with Gasteiger partial charge in [0.15, 0.2) is 5.17 Å². The van der Waals surface area contributed by atoms with E-state index in [4.69, 9.17) is 0 Å². The minimum Gasteiger partial charge on any atom is -0.333 e. The lowest BCUT2D eigenvalue weighted by molar-refractivity contribution is 0.631. The molecule has 0 aliphatic carbocycles. The van der Waals surface area contributed by atoms with Gasteiger partial charge in [0, 0.05) is 27.7 Å². The van der Waals surface area contributed by atoms with Crippen LogP contribution in [-0.4, -0.2) is 27.9 Å². The van der Waals surface area contributed by atoms with E-state index in [1.54, 1.807) is 12.3 Å². The second-order valence-corrected chi connectivity index (χ2v) is 6.92. The highest BCUT2D eigenvalue weighted by Gasteiger charge is 2.07. The highest BCUT2D eigenvalue weighted by molar-refractivity contribution is 8.14. The molecule has 21 heavy (non-hydrogen) atoms. The Bertz CT molecular complexity index is 639. The molecule has 0 aromatic heterocycles. The van der Waals surface area contributed by atoms with Crippen molar-refractivity contribution in [1.29, 1.82) is 0 Å². The smallest absolute Gasteiger partial charge is 0.161 e. The molecular formula is C15H17FN2OS2. The second-order valence-electron chi connectivity index (χ2n) is 4.53. The summed E-state index contributed by atoms with van der Waals surface area (Å²) in [5.74, 6) is 0.345. The van der Waals surface area contributed by atoms with Crippen LogP contribution in [0.4, 0.5) is 10.1 Å². The molecule has 0 spiro atoms. The molecule has 0 bridgehead atoms. The van der Waals surface area contributed by atoms with Crippen molar-refractivity contribution in [2.24, 2.45) is 4.99 Å². The van der Waals surface area contributed by atoms with Crippen LogP contribution in [0.1, 0.15) is 5.56 Å². The van der Waals surface area contributed by atoms with Gasteiger partial charge in [-0.05, 0) is 30.7 Å². The fourth-order valence-electron chi connectivity index (χ4n) is 1.75. The molecule has 0 saturated carbocycles. The molecule has 3 nitrogen and oxygen atoms in total. The molecule has 0 amide bonds. The summed E-state index contributed by atoms with van der Waals surface area (Å²) < 4.78 is 25.3. The number of aliphatic imine (C=N–C) groups is 1. The summed E-state index contributed by atoms with van der Waals surface area (Å²) in [6, 6.07) is 5.05. The number of hydrogen-bond acceptors (Lipinski definition) is 4. The van der Waals surface area contributed by atoms with E-state index in [9.17, 15) is 8.60 Å². The number of anilines is 1. The number of thioether (sulfide) groups is 1. The molecule has 1 aliphatic rings. The summed E-state index contributed by atoms with van der Waals surface area (Å²) in [7, 11) is -1.00. The predicted molar refractivity (Wildman–Crippen MR) is 90.8 cm³/mol. The van der Waals surface area contributed by atoms with Gasteiger partial charge in [-0.3, -0.25) is 9.20 Å². The van der Waals surface area contributed by atoms with Gasteiger partial charge in [-0.2, -0.15) is 0 Å². The molecule has 1 aromatic carbocycles. The fraction of sp³-hybridized carbons (Fsp3) is 0.267. The number of nitrogens with one attached hydrogen (secondary N) is 1. The van der Waals surface area contributed by atoms with E-state index >= 15 is 0 Å². The van der Waals surface area contributed by atoms with Gasteiger partial charge in [0.05, 0.1) is 12.2 Å². The number of aryl methyl sites for hydroxylation is 1. The topological polar surface area (TPSA) is 41.5 Å². The highest BCUT2D eigenvalue weighted by Crippen LogP contribution is 2.19. The van der Waals surface area contributed by atoms with E-state index < -0.39 is 10.8 Å². The number of amidine groups is 1. The van der Waals surface area contributed by atoms with E-state index in [-0.39, 0.29) is 5.82 Å². The van der Waals surface area contributed by atoms with Gasteiger partial charge in [-0.25, -0.2) is 4.39 Å². The summed E-state index contributed by atoms with van der Waals surface area (Å²) in [6.45, 7) is 2.32. The maximum atomic E-state index is 13.8. The van der Waals surface area contributed by atoms with Crippen LogP contribution in [0, 0.1) is 12.7 Å². The lowest BCUT2D eigenvalue weighted by Crippen LogP contribution is -2.10. The van der Waals surface area contributed by atoms with Crippen molar-refractivity contribution in [1.82, 2.24) is 0 Å². The van der Waals surface area contributed by atoms with Crippen molar-refractivity contribution >= 4 is 33.4 Å². The minimum absolute atomic E-state index is 0.292. The maximum absolute atomic E-state index is 13.8. The van der Waals surface area contributed by atoms with E-state index in [1.807, 2.05) is 31.2 Å². The zero-order valence-electron chi connectivity index (χ0n) is 11.9. The molecule has 1 N–H and O–H groups in total. The molecule has 6 heteroatoms. The zero-order valence-corrected chi connectivity index (χ0v) is 13.6. The number of allylic oxidation sites excluding steroid dienone is 1. The van der Waals surface area contributed by atoms with E-state index in [0.717, 1.165) is 10.5 Å². The second kappa shape index (κ2) is 7.56. The Labute approximate surface area is 130 Å². The summed E-state index contributed by atoms with van der Waals surface area (Å²) in [5.41, 5.74) is 1.29. The van der Waals surface area contributed by atoms with Gasteiger partial charge >= 0.3 is 0 Å². The van der Waals surface area contributed by atoms with Crippen LogP contribution in [0.15, 0.2) is 46.3 Å². The summed E-state index contributed by atoms with van der Waals surface area (Å²) in [4.78, 5) is 5.17. The number of halogens is 1. The Hall–Kier alpha value is -1.40. The average Bonchev–Trinajstić information content (AvgIpc) is 2.54. The van der Waals surface area contributed by atoms with E-state index in [2.05, 4.69) is 10.3 Å². The fourth-order valence-corrected chi connectivity index (χ4v) is 3.23. The molecular weight excluding hydrogens is 307 g/mol. The maximum Gasteiger partial charge on any atom is 0.161 e. The summed E-state index contributed by atoms with van der Waals surface area (Å²) >= 11 is 1.46. The molecule has 2 rings (SSSR count). The molecule has 0 saturated heterocycles. The largest absolute Gasteiger partial charge is 0.333 e. The minimum atomic E-state index is -1.00. The molecule has 112 valence electrons. The van der Waals surface area contributed by atoms with Gasteiger partial charge in [0.2, 0.25) is 0 Å². The predicted octanol–water partition coefficient (Wildman–Crippen LogP) is 3.47.